The van der Waals surface area contributed by atoms with Gasteiger partial charge < -0.3 is 10.2 Å². The Kier molecular flexibility index (Phi) is 8.26. The van der Waals surface area contributed by atoms with E-state index in [4.69, 9.17) is 0 Å². The van der Waals surface area contributed by atoms with E-state index in [1.54, 1.807) is 11.8 Å². The molecule has 33 heavy (non-hydrogen) atoms. The van der Waals surface area contributed by atoms with Crippen molar-refractivity contribution in [2.75, 3.05) is 18.4 Å². The lowest BCUT2D eigenvalue weighted by molar-refractivity contribution is -0.134. The van der Waals surface area contributed by atoms with Gasteiger partial charge >= 0.3 is 0 Å². The van der Waals surface area contributed by atoms with Crippen LogP contribution in [0.15, 0.2) is 53.4 Å². The first-order valence-electron chi connectivity index (χ1n) is 11.4. The summed E-state index contributed by atoms with van der Waals surface area (Å²) < 4.78 is 27.9. The molecule has 2 amide bonds. The number of nitrogens with zero attached hydrogens (tertiary/aromatic N) is 1. The highest BCUT2D eigenvalue weighted by molar-refractivity contribution is 7.89. The Labute approximate surface area is 196 Å². The molecule has 0 aromatic heterocycles. The highest BCUT2D eigenvalue weighted by Gasteiger charge is 2.29. The van der Waals surface area contributed by atoms with Gasteiger partial charge in [0.15, 0.2) is 0 Å². The van der Waals surface area contributed by atoms with E-state index in [0.717, 1.165) is 25.7 Å². The van der Waals surface area contributed by atoms with Crippen LogP contribution in [0.1, 0.15) is 44.2 Å². The van der Waals surface area contributed by atoms with Crippen LogP contribution in [0.3, 0.4) is 0 Å². The van der Waals surface area contributed by atoms with Gasteiger partial charge in [-0.25, -0.2) is 8.42 Å². The maximum absolute atomic E-state index is 12.9. The molecule has 178 valence electrons. The second-order valence-electron chi connectivity index (χ2n) is 8.84. The van der Waals surface area contributed by atoms with Crippen LogP contribution in [0.5, 0.6) is 0 Å². The molecular formula is C25H33N3O4S. The Balaban J connectivity index is 1.48. The minimum absolute atomic E-state index is 0.0473. The zero-order chi connectivity index (χ0) is 24.0. The fourth-order valence-corrected chi connectivity index (χ4v) is 5.31. The van der Waals surface area contributed by atoms with Crippen LogP contribution in [0.2, 0.25) is 0 Å². The molecule has 0 unspecified atom stereocenters. The van der Waals surface area contributed by atoms with Crippen molar-refractivity contribution in [3.63, 3.8) is 0 Å². The molecule has 1 aliphatic rings. The number of sulfonamides is 1. The van der Waals surface area contributed by atoms with E-state index in [9.17, 15) is 18.0 Å². The smallest absolute Gasteiger partial charge is 0.241 e. The van der Waals surface area contributed by atoms with Crippen molar-refractivity contribution < 1.29 is 18.0 Å². The lowest BCUT2D eigenvalue weighted by Crippen LogP contribution is -2.49. The van der Waals surface area contributed by atoms with Gasteiger partial charge in [0.1, 0.15) is 0 Å². The number of anilines is 1. The Morgan fingerprint density at radius 3 is 2.21 bits per heavy atom. The van der Waals surface area contributed by atoms with Gasteiger partial charge in [0, 0.05) is 25.7 Å². The van der Waals surface area contributed by atoms with Crippen molar-refractivity contribution in [2.24, 2.45) is 5.92 Å². The molecule has 3 rings (SSSR count). The summed E-state index contributed by atoms with van der Waals surface area (Å²) in [6.45, 7) is 6.34. The Bertz CT molecular complexity index is 1060. The van der Waals surface area contributed by atoms with Crippen LogP contribution < -0.4 is 10.0 Å². The van der Waals surface area contributed by atoms with Gasteiger partial charge in [0.25, 0.3) is 0 Å². The van der Waals surface area contributed by atoms with E-state index >= 15 is 0 Å². The van der Waals surface area contributed by atoms with Gasteiger partial charge in [-0.1, -0.05) is 29.8 Å². The number of hydrogen-bond donors (Lipinski definition) is 2. The second-order valence-corrected chi connectivity index (χ2v) is 10.6. The molecule has 0 saturated carbocycles. The number of carbonyl (C=O) groups excluding carboxylic acids is 2. The number of benzene rings is 2. The van der Waals surface area contributed by atoms with Crippen LogP contribution in [0.4, 0.5) is 5.69 Å². The number of piperidine rings is 1. The summed E-state index contributed by atoms with van der Waals surface area (Å²) in [5.74, 6) is 0.136. The molecule has 1 fully saturated rings. The zero-order valence-electron chi connectivity index (χ0n) is 19.5. The predicted octanol–water partition coefficient (Wildman–Crippen LogP) is 3.49. The molecule has 1 atom stereocenters. The minimum Gasteiger partial charge on any atom is -0.341 e. The van der Waals surface area contributed by atoms with Crippen LogP contribution in [0, 0.1) is 12.8 Å². The lowest BCUT2D eigenvalue weighted by atomic mass is 9.90. The number of aryl methyl sites for hydroxylation is 2. The molecule has 2 aromatic rings. The molecule has 0 radical (unpaired) electrons. The third-order valence-corrected chi connectivity index (χ3v) is 7.63. The molecule has 0 bridgehead atoms. The van der Waals surface area contributed by atoms with Crippen LogP contribution in [-0.2, 0) is 26.0 Å². The lowest BCUT2D eigenvalue weighted by Gasteiger charge is -2.33. The molecule has 1 heterocycles. The van der Waals surface area contributed by atoms with Crippen molar-refractivity contribution in [2.45, 2.75) is 57.4 Å². The molecular weight excluding hydrogens is 438 g/mol. The molecule has 1 aliphatic heterocycles. The highest BCUT2D eigenvalue weighted by atomic mass is 32.2. The van der Waals surface area contributed by atoms with E-state index in [1.165, 1.54) is 42.3 Å². The average Bonchev–Trinajstić information content (AvgIpc) is 2.78. The quantitative estimate of drug-likeness (QED) is 0.616. The van der Waals surface area contributed by atoms with Gasteiger partial charge in [-0.3, -0.25) is 9.59 Å². The highest BCUT2D eigenvalue weighted by Crippen LogP contribution is 2.23. The summed E-state index contributed by atoms with van der Waals surface area (Å²) in [5.41, 5.74) is 3.11. The maximum Gasteiger partial charge on any atom is 0.241 e. The van der Waals surface area contributed by atoms with E-state index < -0.39 is 16.1 Å². The largest absolute Gasteiger partial charge is 0.341 e. The first-order chi connectivity index (χ1) is 15.6. The third-order valence-electron chi connectivity index (χ3n) is 6.08. The van der Waals surface area contributed by atoms with E-state index in [2.05, 4.69) is 41.2 Å². The Morgan fingerprint density at radius 1 is 1.03 bits per heavy atom. The van der Waals surface area contributed by atoms with Crippen LogP contribution in [-0.4, -0.2) is 44.3 Å². The summed E-state index contributed by atoms with van der Waals surface area (Å²) in [6, 6.07) is 13.6. The summed E-state index contributed by atoms with van der Waals surface area (Å²) in [6.07, 6.45) is 4.00. The van der Waals surface area contributed by atoms with Crippen molar-refractivity contribution in [1.29, 1.82) is 0 Å². The SMILES string of the molecule is CC(=O)Nc1ccc(S(=O)(=O)N[C@H](C)C(=O)N2CCC(CCc3ccc(C)cc3)CC2)cc1. The van der Waals surface area contributed by atoms with Gasteiger partial charge in [0.2, 0.25) is 21.8 Å². The van der Waals surface area contributed by atoms with Gasteiger partial charge in [-0.15, -0.1) is 0 Å². The molecule has 0 spiro atoms. The molecule has 2 aromatic carbocycles. The molecule has 8 heteroatoms. The maximum atomic E-state index is 12.9. The van der Waals surface area contributed by atoms with Crippen molar-refractivity contribution >= 4 is 27.5 Å². The van der Waals surface area contributed by atoms with E-state index in [0.29, 0.717) is 24.7 Å². The Hall–Kier alpha value is -2.71. The standard InChI is InChI=1S/C25H33N3O4S/c1-18-4-6-21(7-5-18)8-9-22-14-16-28(17-15-22)25(30)19(2)27-33(31,32)24-12-10-23(11-13-24)26-20(3)29/h4-7,10-13,19,22,27H,8-9,14-17H2,1-3H3,(H,26,29)/t19-/m1/s1. The molecule has 2 N–H and O–H groups in total. The second kappa shape index (κ2) is 10.9. The summed E-state index contributed by atoms with van der Waals surface area (Å²) in [5, 5.41) is 2.59. The van der Waals surface area contributed by atoms with Crippen LogP contribution in [0.25, 0.3) is 0 Å². The molecule has 7 nitrogen and oxygen atoms in total. The van der Waals surface area contributed by atoms with Crippen LogP contribution >= 0.6 is 0 Å². The monoisotopic (exact) mass is 471 g/mol. The number of carbonyl (C=O) groups is 2. The normalized spacial score (nSPS) is 15.8. The third kappa shape index (κ3) is 7.14. The minimum atomic E-state index is -3.85. The first-order valence-corrected chi connectivity index (χ1v) is 12.9. The first kappa shape index (κ1) is 24.9. The number of likely N-dealkylation sites (tertiary alicyclic amines) is 1. The fourth-order valence-electron chi connectivity index (χ4n) is 4.11. The average molecular weight is 472 g/mol. The predicted molar refractivity (Wildman–Crippen MR) is 129 cm³/mol. The van der Waals surface area contributed by atoms with E-state index in [1.807, 2.05) is 0 Å². The summed E-state index contributed by atoms with van der Waals surface area (Å²) in [7, 11) is -3.85. The van der Waals surface area contributed by atoms with Gasteiger partial charge in [-0.05, 0) is 75.3 Å². The summed E-state index contributed by atoms with van der Waals surface area (Å²) in [4.78, 5) is 25.8. The number of nitrogens with one attached hydrogen (secondary N) is 2. The number of hydrogen-bond acceptors (Lipinski definition) is 4. The molecule has 0 aliphatic carbocycles. The van der Waals surface area contributed by atoms with Crippen molar-refractivity contribution in [1.82, 2.24) is 9.62 Å². The van der Waals surface area contributed by atoms with Gasteiger partial charge in [0.05, 0.1) is 10.9 Å². The Morgan fingerprint density at radius 2 is 1.64 bits per heavy atom. The zero-order valence-corrected chi connectivity index (χ0v) is 20.3. The topological polar surface area (TPSA) is 95.6 Å². The number of amides is 2. The fraction of sp³-hybridized carbons (Fsp3) is 0.440. The van der Waals surface area contributed by atoms with E-state index in [-0.39, 0.29) is 16.7 Å². The van der Waals surface area contributed by atoms with Crippen molar-refractivity contribution in [3.8, 4) is 0 Å². The summed E-state index contributed by atoms with van der Waals surface area (Å²) >= 11 is 0. The number of rotatable bonds is 8. The molecule has 1 saturated heterocycles. The van der Waals surface area contributed by atoms with Crippen molar-refractivity contribution in [3.05, 3.63) is 59.7 Å². The van der Waals surface area contributed by atoms with Gasteiger partial charge in [-0.2, -0.15) is 4.72 Å².